The molecule has 24 heavy (non-hydrogen) atoms. The maximum atomic E-state index is 13.5. The monoisotopic (exact) mass is 347 g/mol. The molecule has 0 saturated carbocycles. The number of hydrogen-bond donors (Lipinski definition) is 2. The Kier molecular flexibility index (Phi) is 4.80. The van der Waals surface area contributed by atoms with Gasteiger partial charge in [0.25, 0.3) is 0 Å². The summed E-state index contributed by atoms with van der Waals surface area (Å²) in [5.74, 6) is -1.43. The fourth-order valence-electron chi connectivity index (χ4n) is 1.86. The maximum Gasteiger partial charge on any atom is 0.234 e. The van der Waals surface area contributed by atoms with Crippen molar-refractivity contribution in [3.8, 4) is 11.4 Å². The number of rotatable bonds is 5. The lowest BCUT2D eigenvalue weighted by Gasteiger charge is -2.05. The number of halogens is 2. The molecule has 0 spiro atoms. The van der Waals surface area contributed by atoms with Crippen LogP contribution in [0.15, 0.2) is 47.9 Å². The van der Waals surface area contributed by atoms with E-state index < -0.39 is 17.5 Å². The maximum absolute atomic E-state index is 13.5. The quantitative estimate of drug-likeness (QED) is 0.694. The molecule has 2 aromatic heterocycles. The SMILES string of the molecule is O=C(CSc1n[nH]c(-c2ccncc2)n1)Nc1ccc(F)cc1F. The molecule has 3 rings (SSSR count). The van der Waals surface area contributed by atoms with Crippen LogP contribution in [0.3, 0.4) is 0 Å². The number of pyridine rings is 1. The van der Waals surface area contributed by atoms with E-state index in [2.05, 4.69) is 25.5 Å². The van der Waals surface area contributed by atoms with Gasteiger partial charge in [-0.3, -0.25) is 14.9 Å². The van der Waals surface area contributed by atoms with Gasteiger partial charge in [-0.1, -0.05) is 11.8 Å². The number of aromatic nitrogens is 4. The number of hydrogen-bond acceptors (Lipinski definition) is 5. The van der Waals surface area contributed by atoms with Gasteiger partial charge in [0.15, 0.2) is 5.82 Å². The number of thioether (sulfide) groups is 1. The van der Waals surface area contributed by atoms with Crippen LogP contribution < -0.4 is 5.32 Å². The lowest BCUT2D eigenvalue weighted by Crippen LogP contribution is -2.15. The zero-order chi connectivity index (χ0) is 16.9. The van der Waals surface area contributed by atoms with Crippen molar-refractivity contribution in [1.82, 2.24) is 20.2 Å². The van der Waals surface area contributed by atoms with Crippen molar-refractivity contribution in [2.24, 2.45) is 0 Å². The number of amides is 1. The van der Waals surface area contributed by atoms with Gasteiger partial charge in [0.1, 0.15) is 11.6 Å². The number of aromatic amines is 1. The summed E-state index contributed by atoms with van der Waals surface area (Å²) in [5.41, 5.74) is 0.747. The van der Waals surface area contributed by atoms with Gasteiger partial charge in [-0.2, -0.15) is 0 Å². The predicted molar refractivity (Wildman–Crippen MR) is 85.3 cm³/mol. The van der Waals surface area contributed by atoms with Crippen LogP contribution in [0.1, 0.15) is 0 Å². The van der Waals surface area contributed by atoms with E-state index in [0.717, 1.165) is 23.4 Å². The molecular formula is C15H11F2N5OS. The molecule has 1 amide bonds. The van der Waals surface area contributed by atoms with Crippen molar-refractivity contribution in [2.45, 2.75) is 5.16 Å². The highest BCUT2D eigenvalue weighted by atomic mass is 32.2. The third kappa shape index (κ3) is 3.93. The normalized spacial score (nSPS) is 10.6. The van der Waals surface area contributed by atoms with Crippen LogP contribution in [-0.2, 0) is 4.79 Å². The molecule has 0 fully saturated rings. The zero-order valence-corrected chi connectivity index (χ0v) is 13.0. The van der Waals surface area contributed by atoms with Crippen LogP contribution in [0.2, 0.25) is 0 Å². The van der Waals surface area contributed by atoms with Crippen molar-refractivity contribution in [2.75, 3.05) is 11.1 Å². The van der Waals surface area contributed by atoms with Crippen molar-refractivity contribution in [3.05, 3.63) is 54.4 Å². The third-order valence-corrected chi connectivity index (χ3v) is 3.80. The fraction of sp³-hybridized carbons (Fsp3) is 0.0667. The molecule has 2 heterocycles. The third-order valence-electron chi connectivity index (χ3n) is 2.96. The first-order valence-electron chi connectivity index (χ1n) is 6.82. The first kappa shape index (κ1) is 16.1. The Labute approximate surface area is 139 Å². The summed E-state index contributed by atoms with van der Waals surface area (Å²) in [6.45, 7) is 0. The molecule has 0 aliphatic carbocycles. The highest BCUT2D eigenvalue weighted by Gasteiger charge is 2.11. The summed E-state index contributed by atoms with van der Waals surface area (Å²) in [6.07, 6.45) is 3.27. The summed E-state index contributed by atoms with van der Waals surface area (Å²) in [5, 5.41) is 9.53. The van der Waals surface area contributed by atoms with Gasteiger partial charge in [-0.25, -0.2) is 13.8 Å². The van der Waals surface area contributed by atoms with Crippen molar-refractivity contribution >= 4 is 23.4 Å². The fourth-order valence-corrected chi connectivity index (χ4v) is 2.46. The van der Waals surface area contributed by atoms with Crippen LogP contribution in [0, 0.1) is 11.6 Å². The summed E-state index contributed by atoms with van der Waals surface area (Å²) < 4.78 is 26.3. The predicted octanol–water partition coefficient (Wildman–Crippen LogP) is 2.88. The van der Waals surface area contributed by atoms with Gasteiger partial charge in [-0.15, -0.1) is 5.10 Å². The second-order valence-electron chi connectivity index (χ2n) is 4.66. The number of carbonyl (C=O) groups is 1. The molecule has 2 N–H and O–H groups in total. The van der Waals surface area contributed by atoms with E-state index in [1.54, 1.807) is 24.5 Å². The first-order valence-corrected chi connectivity index (χ1v) is 7.81. The highest BCUT2D eigenvalue weighted by Crippen LogP contribution is 2.19. The Bertz CT molecular complexity index is 856. The minimum Gasteiger partial charge on any atom is -0.323 e. The van der Waals surface area contributed by atoms with Crippen LogP contribution in [-0.4, -0.2) is 31.8 Å². The summed E-state index contributed by atoms with van der Waals surface area (Å²) in [6, 6.07) is 6.50. The second kappa shape index (κ2) is 7.18. The Morgan fingerprint density at radius 1 is 1.21 bits per heavy atom. The van der Waals surface area contributed by atoms with Crippen LogP contribution in [0.4, 0.5) is 14.5 Å². The van der Waals surface area contributed by atoms with Crippen molar-refractivity contribution < 1.29 is 13.6 Å². The van der Waals surface area contributed by atoms with E-state index in [1.165, 1.54) is 6.07 Å². The van der Waals surface area contributed by atoms with E-state index in [9.17, 15) is 13.6 Å². The topological polar surface area (TPSA) is 83.6 Å². The second-order valence-corrected chi connectivity index (χ2v) is 5.61. The number of carbonyl (C=O) groups excluding carboxylic acids is 1. The van der Waals surface area contributed by atoms with E-state index in [1.807, 2.05) is 0 Å². The number of benzene rings is 1. The van der Waals surface area contributed by atoms with Gasteiger partial charge in [-0.05, 0) is 24.3 Å². The molecule has 6 nitrogen and oxygen atoms in total. The Balaban J connectivity index is 1.58. The molecule has 3 aromatic rings. The van der Waals surface area contributed by atoms with Gasteiger partial charge in [0.2, 0.25) is 11.1 Å². The lowest BCUT2D eigenvalue weighted by molar-refractivity contribution is -0.113. The minimum absolute atomic E-state index is 0.00947. The van der Waals surface area contributed by atoms with Crippen LogP contribution in [0.5, 0.6) is 0 Å². The van der Waals surface area contributed by atoms with Crippen LogP contribution in [0.25, 0.3) is 11.4 Å². The molecular weight excluding hydrogens is 336 g/mol. The van der Waals surface area contributed by atoms with E-state index in [0.29, 0.717) is 17.0 Å². The average Bonchev–Trinajstić information content (AvgIpc) is 3.05. The molecule has 0 aliphatic rings. The van der Waals surface area contributed by atoms with Gasteiger partial charge < -0.3 is 5.32 Å². The number of H-pyrrole nitrogens is 1. The number of nitrogens with zero attached hydrogens (tertiary/aromatic N) is 3. The average molecular weight is 347 g/mol. The number of anilines is 1. The molecule has 122 valence electrons. The summed E-state index contributed by atoms with van der Waals surface area (Å²) in [7, 11) is 0. The smallest absolute Gasteiger partial charge is 0.234 e. The Hall–Kier alpha value is -2.81. The molecule has 0 bridgehead atoms. The molecule has 9 heteroatoms. The standard InChI is InChI=1S/C15H11F2N5OS/c16-10-1-2-12(11(17)7-10)19-13(23)8-24-15-20-14(21-22-15)9-3-5-18-6-4-9/h1-7H,8H2,(H,19,23)(H,20,21,22). The van der Waals surface area contributed by atoms with Crippen molar-refractivity contribution in [1.29, 1.82) is 0 Å². The molecule has 1 aromatic carbocycles. The summed E-state index contributed by atoms with van der Waals surface area (Å²) in [4.78, 5) is 20.0. The van der Waals surface area contributed by atoms with Crippen LogP contribution >= 0.6 is 11.8 Å². The molecule has 0 atom stereocenters. The largest absolute Gasteiger partial charge is 0.323 e. The minimum atomic E-state index is -0.828. The molecule has 0 unspecified atom stereocenters. The van der Waals surface area contributed by atoms with Gasteiger partial charge >= 0.3 is 0 Å². The van der Waals surface area contributed by atoms with Gasteiger partial charge in [0, 0.05) is 24.0 Å². The number of nitrogens with one attached hydrogen (secondary N) is 2. The first-order chi connectivity index (χ1) is 11.6. The molecule has 0 radical (unpaired) electrons. The van der Waals surface area contributed by atoms with E-state index in [-0.39, 0.29) is 11.4 Å². The van der Waals surface area contributed by atoms with E-state index in [4.69, 9.17) is 0 Å². The molecule has 0 saturated heterocycles. The van der Waals surface area contributed by atoms with Crippen molar-refractivity contribution in [3.63, 3.8) is 0 Å². The van der Waals surface area contributed by atoms with Gasteiger partial charge in [0.05, 0.1) is 11.4 Å². The molecule has 0 aliphatic heterocycles. The summed E-state index contributed by atoms with van der Waals surface area (Å²) >= 11 is 1.09. The zero-order valence-electron chi connectivity index (χ0n) is 12.2. The highest BCUT2D eigenvalue weighted by molar-refractivity contribution is 7.99. The Morgan fingerprint density at radius 3 is 2.75 bits per heavy atom. The Morgan fingerprint density at radius 2 is 2.00 bits per heavy atom. The van der Waals surface area contributed by atoms with E-state index >= 15 is 0 Å². The lowest BCUT2D eigenvalue weighted by atomic mass is 10.3.